The molecular weight excluding hydrogens is 306 g/mol. The molecule has 0 atom stereocenters. The Morgan fingerprint density at radius 1 is 1.00 bits per heavy atom. The molecule has 0 N–H and O–H groups in total. The summed E-state index contributed by atoms with van der Waals surface area (Å²) in [6.07, 6.45) is 1.30. The number of hydrogen-bond donors (Lipinski definition) is 0. The maximum absolute atomic E-state index is 13.8. The van der Waals surface area contributed by atoms with Crippen LogP contribution in [-0.4, -0.2) is 19.2 Å². The molecule has 0 radical (unpaired) electrons. The van der Waals surface area contributed by atoms with Crippen molar-refractivity contribution in [3.8, 4) is 17.2 Å². The van der Waals surface area contributed by atoms with Crippen LogP contribution < -0.4 is 14.2 Å². The first-order chi connectivity index (χ1) is 11.1. The van der Waals surface area contributed by atoms with Gasteiger partial charge in [0.2, 0.25) is 6.79 Å². The summed E-state index contributed by atoms with van der Waals surface area (Å²) in [7, 11) is 0. The van der Waals surface area contributed by atoms with Crippen LogP contribution in [0.3, 0.4) is 0 Å². The Morgan fingerprint density at radius 2 is 1.78 bits per heavy atom. The molecule has 0 saturated carbocycles. The molecule has 2 aromatic carbocycles. The van der Waals surface area contributed by atoms with Crippen molar-refractivity contribution < 1.29 is 27.8 Å². The average Bonchev–Trinajstić information content (AvgIpc) is 3.00. The number of rotatable bonds is 1. The molecule has 23 heavy (non-hydrogen) atoms. The first-order valence-corrected chi connectivity index (χ1v) is 6.89. The van der Waals surface area contributed by atoms with Crippen molar-refractivity contribution in [2.24, 2.45) is 0 Å². The van der Waals surface area contributed by atoms with Crippen LogP contribution in [0, 0.1) is 11.6 Å². The van der Waals surface area contributed by atoms with Gasteiger partial charge in [-0.25, -0.2) is 8.78 Å². The van der Waals surface area contributed by atoms with E-state index in [1.807, 2.05) is 0 Å². The van der Waals surface area contributed by atoms with Crippen LogP contribution in [0.4, 0.5) is 8.78 Å². The number of halogens is 2. The molecule has 0 amide bonds. The van der Waals surface area contributed by atoms with E-state index in [1.54, 1.807) is 6.07 Å². The van der Waals surface area contributed by atoms with Crippen LogP contribution in [0.15, 0.2) is 35.9 Å². The molecule has 6 heteroatoms. The normalized spacial score (nSPS) is 17.1. The molecule has 0 aromatic heterocycles. The average molecular weight is 316 g/mol. The van der Waals surface area contributed by atoms with Crippen LogP contribution in [0.25, 0.3) is 6.08 Å². The quantitative estimate of drug-likeness (QED) is 0.757. The van der Waals surface area contributed by atoms with E-state index in [2.05, 4.69) is 0 Å². The smallest absolute Gasteiger partial charge is 0.231 e. The van der Waals surface area contributed by atoms with Crippen LogP contribution in [0.1, 0.15) is 15.9 Å². The predicted octanol–water partition coefficient (Wildman–Crippen LogP) is 3.35. The van der Waals surface area contributed by atoms with E-state index < -0.39 is 11.6 Å². The molecule has 2 heterocycles. The van der Waals surface area contributed by atoms with Gasteiger partial charge in [-0.1, -0.05) is 12.1 Å². The Morgan fingerprint density at radius 3 is 2.61 bits per heavy atom. The van der Waals surface area contributed by atoms with Crippen molar-refractivity contribution >= 4 is 11.9 Å². The van der Waals surface area contributed by atoms with Gasteiger partial charge < -0.3 is 14.2 Å². The molecule has 0 spiro atoms. The highest BCUT2D eigenvalue weighted by Crippen LogP contribution is 2.40. The molecule has 0 bridgehead atoms. The summed E-state index contributed by atoms with van der Waals surface area (Å²) < 4.78 is 43.0. The van der Waals surface area contributed by atoms with Crippen LogP contribution in [0.5, 0.6) is 17.2 Å². The number of hydrogen-bond acceptors (Lipinski definition) is 4. The summed E-state index contributed by atoms with van der Waals surface area (Å²) in [4.78, 5) is 12.6. The van der Waals surface area contributed by atoms with E-state index in [4.69, 9.17) is 14.2 Å². The largest absolute Gasteiger partial charge is 0.488 e. The first kappa shape index (κ1) is 13.8. The van der Waals surface area contributed by atoms with Crippen LogP contribution in [-0.2, 0) is 0 Å². The van der Waals surface area contributed by atoms with Crippen LogP contribution >= 0.6 is 0 Å². The topological polar surface area (TPSA) is 44.8 Å². The Bertz CT molecular complexity index is 858. The predicted molar refractivity (Wildman–Crippen MR) is 76.7 cm³/mol. The first-order valence-electron chi connectivity index (χ1n) is 6.89. The van der Waals surface area contributed by atoms with Crippen molar-refractivity contribution in [1.82, 2.24) is 0 Å². The monoisotopic (exact) mass is 316 g/mol. The van der Waals surface area contributed by atoms with Gasteiger partial charge in [-0.2, -0.15) is 0 Å². The SMILES string of the molecule is O=C1/C(=C/c2cccc(F)c2F)COc2cc3c(cc21)OCO3. The third-order valence-corrected chi connectivity index (χ3v) is 3.71. The minimum absolute atomic E-state index is 0.00106. The molecule has 4 nitrogen and oxygen atoms in total. The molecule has 0 fully saturated rings. The zero-order valence-electron chi connectivity index (χ0n) is 11.8. The maximum atomic E-state index is 13.8. The Balaban J connectivity index is 1.75. The second-order valence-electron chi connectivity index (χ2n) is 5.13. The summed E-state index contributed by atoms with van der Waals surface area (Å²) in [5.41, 5.74) is 0.547. The molecule has 4 rings (SSSR count). The summed E-state index contributed by atoms with van der Waals surface area (Å²) in [5.74, 6) is -0.917. The van der Waals surface area contributed by atoms with Gasteiger partial charge in [0.25, 0.3) is 0 Å². The lowest BCUT2D eigenvalue weighted by Crippen LogP contribution is -2.19. The van der Waals surface area contributed by atoms with Crippen LogP contribution in [0.2, 0.25) is 0 Å². The third-order valence-electron chi connectivity index (χ3n) is 3.71. The van der Waals surface area contributed by atoms with Gasteiger partial charge in [0.1, 0.15) is 12.4 Å². The fourth-order valence-electron chi connectivity index (χ4n) is 2.54. The number of ketones is 1. The third kappa shape index (κ3) is 2.23. The lowest BCUT2D eigenvalue weighted by Gasteiger charge is -2.19. The Labute approximate surface area is 129 Å². The zero-order valence-corrected chi connectivity index (χ0v) is 11.8. The van der Waals surface area contributed by atoms with Crippen molar-refractivity contribution in [2.45, 2.75) is 0 Å². The molecule has 2 aliphatic heterocycles. The van der Waals surface area contributed by atoms with E-state index in [-0.39, 0.29) is 30.3 Å². The minimum atomic E-state index is -0.996. The molecule has 116 valence electrons. The number of fused-ring (bicyclic) bond motifs is 2. The van der Waals surface area contributed by atoms with Crippen molar-refractivity contribution in [1.29, 1.82) is 0 Å². The van der Waals surface area contributed by atoms with Gasteiger partial charge in [-0.15, -0.1) is 0 Å². The Hall–Kier alpha value is -2.89. The van der Waals surface area contributed by atoms with E-state index >= 15 is 0 Å². The minimum Gasteiger partial charge on any atom is -0.488 e. The molecule has 0 aliphatic carbocycles. The highest BCUT2D eigenvalue weighted by Gasteiger charge is 2.28. The van der Waals surface area contributed by atoms with Gasteiger partial charge >= 0.3 is 0 Å². The summed E-state index contributed by atoms with van der Waals surface area (Å²) in [6.45, 7) is 0.0606. The highest BCUT2D eigenvalue weighted by molar-refractivity contribution is 6.14. The zero-order chi connectivity index (χ0) is 16.0. The Kier molecular flexibility index (Phi) is 3.04. The lowest BCUT2D eigenvalue weighted by molar-refractivity contribution is 0.100. The maximum Gasteiger partial charge on any atom is 0.231 e. The van der Waals surface area contributed by atoms with Gasteiger partial charge in [0.15, 0.2) is 28.9 Å². The van der Waals surface area contributed by atoms with E-state index in [1.165, 1.54) is 24.3 Å². The number of ether oxygens (including phenoxy) is 3. The van der Waals surface area contributed by atoms with Gasteiger partial charge in [-0.05, 0) is 18.2 Å². The lowest BCUT2D eigenvalue weighted by atomic mass is 9.97. The van der Waals surface area contributed by atoms with E-state index in [0.717, 1.165) is 6.07 Å². The van der Waals surface area contributed by atoms with E-state index in [0.29, 0.717) is 22.8 Å². The van der Waals surface area contributed by atoms with Crippen molar-refractivity contribution in [2.75, 3.05) is 13.4 Å². The second-order valence-corrected chi connectivity index (χ2v) is 5.13. The molecule has 2 aliphatic rings. The fraction of sp³-hybridized carbons (Fsp3) is 0.118. The molecule has 0 unspecified atom stereocenters. The highest BCUT2D eigenvalue weighted by atomic mass is 19.2. The molecule has 0 saturated heterocycles. The summed E-state index contributed by atoms with van der Waals surface area (Å²) in [6, 6.07) is 6.93. The molecular formula is C17H10F2O4. The van der Waals surface area contributed by atoms with Crippen molar-refractivity contribution in [3.63, 3.8) is 0 Å². The summed E-state index contributed by atoms with van der Waals surface area (Å²) >= 11 is 0. The number of carbonyl (C=O) groups is 1. The van der Waals surface area contributed by atoms with Gasteiger partial charge in [-0.3, -0.25) is 4.79 Å². The van der Waals surface area contributed by atoms with Gasteiger partial charge in [0, 0.05) is 17.2 Å². The standard InChI is InChI=1S/C17H10F2O4/c18-12-3-1-2-9(16(12)19)4-10-7-21-13-6-15-14(22-8-23-15)5-11(13)17(10)20/h1-6H,7-8H2/b10-4+. The number of Topliss-reactive ketones (excluding diaryl/α,β-unsaturated/α-hetero) is 1. The number of carbonyl (C=O) groups excluding carboxylic acids is 1. The second kappa shape index (κ2) is 5.08. The number of benzene rings is 2. The summed E-state index contributed by atoms with van der Waals surface area (Å²) in [5, 5.41) is 0. The van der Waals surface area contributed by atoms with Gasteiger partial charge in [0.05, 0.1) is 5.56 Å². The molecule has 2 aromatic rings. The van der Waals surface area contributed by atoms with Crippen molar-refractivity contribution in [3.05, 3.63) is 58.7 Å². The fourth-order valence-corrected chi connectivity index (χ4v) is 2.54. The van der Waals surface area contributed by atoms with E-state index in [9.17, 15) is 13.6 Å².